The van der Waals surface area contributed by atoms with Crippen molar-refractivity contribution in [2.45, 2.75) is 11.8 Å². The van der Waals surface area contributed by atoms with Crippen molar-refractivity contribution in [1.82, 2.24) is 9.71 Å². The smallest absolute Gasteiger partial charge is 0.240 e. The minimum atomic E-state index is -3.71. The van der Waals surface area contributed by atoms with Crippen LogP contribution < -0.4 is 9.46 Å². The Labute approximate surface area is 145 Å². The Kier molecular flexibility index (Phi) is 4.96. The van der Waals surface area contributed by atoms with Gasteiger partial charge in [0.2, 0.25) is 10.0 Å². The monoisotopic (exact) mass is 360 g/mol. The van der Waals surface area contributed by atoms with E-state index in [1.165, 1.54) is 19.1 Å². The van der Waals surface area contributed by atoms with Crippen LogP contribution in [0.25, 0.3) is 10.9 Å². The average Bonchev–Trinajstić information content (AvgIpc) is 2.61. The lowest BCUT2D eigenvalue weighted by molar-refractivity contribution is 0.326. The molecule has 0 aliphatic heterocycles. The average molecular weight is 360 g/mol. The van der Waals surface area contributed by atoms with E-state index >= 15 is 0 Å². The summed E-state index contributed by atoms with van der Waals surface area (Å²) in [6.07, 6.45) is 1.68. The van der Waals surface area contributed by atoms with Crippen LogP contribution in [0.15, 0.2) is 59.6 Å². The van der Waals surface area contributed by atoms with E-state index in [4.69, 9.17) is 4.74 Å². The predicted molar refractivity (Wildman–Crippen MR) is 93.6 cm³/mol. The van der Waals surface area contributed by atoms with Crippen molar-refractivity contribution in [1.29, 1.82) is 0 Å². The molecule has 0 saturated heterocycles. The molecule has 3 aromatic rings. The fraction of sp³-hybridized carbons (Fsp3) is 0.167. The third-order valence-electron chi connectivity index (χ3n) is 3.69. The van der Waals surface area contributed by atoms with Crippen molar-refractivity contribution in [3.05, 3.63) is 66.1 Å². The first-order valence-corrected chi connectivity index (χ1v) is 9.18. The van der Waals surface area contributed by atoms with Gasteiger partial charge in [0.15, 0.2) is 0 Å². The molecule has 0 unspecified atom stereocenters. The Morgan fingerprint density at radius 1 is 1.16 bits per heavy atom. The van der Waals surface area contributed by atoms with Gasteiger partial charge in [-0.25, -0.2) is 17.5 Å². The molecule has 0 fully saturated rings. The Hall–Kier alpha value is -2.51. The number of benzene rings is 2. The second-order valence-corrected chi connectivity index (χ2v) is 7.26. The third-order valence-corrected chi connectivity index (χ3v) is 5.15. The number of rotatable bonds is 6. The lowest BCUT2D eigenvalue weighted by Crippen LogP contribution is -2.28. The lowest BCUT2D eigenvalue weighted by atomic mass is 10.2. The number of sulfonamides is 1. The molecular formula is C18H17FN2O3S. The molecule has 0 atom stereocenters. The molecule has 0 spiro atoms. The van der Waals surface area contributed by atoms with Crippen molar-refractivity contribution in [3.8, 4) is 5.75 Å². The van der Waals surface area contributed by atoms with Crippen molar-refractivity contribution in [2.24, 2.45) is 0 Å². The van der Waals surface area contributed by atoms with Crippen LogP contribution in [0.3, 0.4) is 0 Å². The normalized spacial score (nSPS) is 11.6. The number of para-hydroxylation sites is 1. The van der Waals surface area contributed by atoms with Crippen LogP contribution in [0.2, 0.25) is 0 Å². The molecule has 130 valence electrons. The number of hydrogen-bond donors (Lipinski definition) is 1. The number of aromatic nitrogens is 1. The topological polar surface area (TPSA) is 68.3 Å². The number of hydrogen-bond acceptors (Lipinski definition) is 4. The van der Waals surface area contributed by atoms with E-state index in [0.29, 0.717) is 5.75 Å². The van der Waals surface area contributed by atoms with Crippen LogP contribution in [0.4, 0.5) is 4.39 Å². The van der Waals surface area contributed by atoms with E-state index in [1.54, 1.807) is 12.3 Å². The fourth-order valence-electron chi connectivity index (χ4n) is 2.40. The molecule has 3 rings (SSSR count). The van der Waals surface area contributed by atoms with Gasteiger partial charge in [0, 0.05) is 18.1 Å². The molecule has 0 amide bonds. The Bertz CT molecular complexity index is 1000. The maximum Gasteiger partial charge on any atom is 0.240 e. The highest BCUT2D eigenvalue weighted by atomic mass is 32.2. The van der Waals surface area contributed by atoms with Crippen molar-refractivity contribution in [2.75, 3.05) is 13.2 Å². The Morgan fingerprint density at radius 3 is 2.76 bits per heavy atom. The number of pyridine rings is 1. The van der Waals surface area contributed by atoms with Crippen LogP contribution in [-0.4, -0.2) is 26.6 Å². The highest BCUT2D eigenvalue weighted by Crippen LogP contribution is 2.22. The molecule has 7 heteroatoms. The van der Waals surface area contributed by atoms with Gasteiger partial charge in [-0.05, 0) is 42.8 Å². The summed E-state index contributed by atoms with van der Waals surface area (Å²) < 4.78 is 45.8. The Morgan fingerprint density at radius 2 is 1.96 bits per heavy atom. The molecule has 5 nitrogen and oxygen atoms in total. The standard InChI is InChI=1S/C18H17FN2O3S/c1-13-12-15(7-8-16(13)19)25(22,23)21-10-11-24-17-6-2-4-14-5-3-9-20-18(14)17/h2-9,12,21H,10-11H2,1H3. The molecule has 1 aromatic heterocycles. The summed E-state index contributed by atoms with van der Waals surface area (Å²) >= 11 is 0. The van der Waals surface area contributed by atoms with Gasteiger partial charge in [-0.3, -0.25) is 4.98 Å². The van der Waals surface area contributed by atoms with Gasteiger partial charge in [-0.15, -0.1) is 0 Å². The highest BCUT2D eigenvalue weighted by Gasteiger charge is 2.14. The largest absolute Gasteiger partial charge is 0.490 e. The molecular weight excluding hydrogens is 343 g/mol. The SMILES string of the molecule is Cc1cc(S(=O)(=O)NCCOc2cccc3cccnc23)ccc1F. The summed E-state index contributed by atoms with van der Waals surface area (Å²) in [6.45, 7) is 1.75. The molecule has 0 aliphatic rings. The summed E-state index contributed by atoms with van der Waals surface area (Å²) in [4.78, 5) is 4.30. The van der Waals surface area contributed by atoms with Crippen LogP contribution in [0, 0.1) is 12.7 Å². The van der Waals surface area contributed by atoms with Gasteiger partial charge in [0.05, 0.1) is 4.90 Å². The molecule has 0 radical (unpaired) electrons. The number of aryl methyl sites for hydroxylation is 1. The first-order chi connectivity index (χ1) is 12.0. The minimum Gasteiger partial charge on any atom is -0.490 e. The molecule has 25 heavy (non-hydrogen) atoms. The van der Waals surface area contributed by atoms with E-state index in [2.05, 4.69) is 9.71 Å². The molecule has 1 heterocycles. The number of nitrogens with zero attached hydrogens (tertiary/aromatic N) is 1. The quantitative estimate of drug-likeness (QED) is 0.686. The van der Waals surface area contributed by atoms with Gasteiger partial charge in [-0.1, -0.05) is 18.2 Å². The molecule has 1 N–H and O–H groups in total. The van der Waals surface area contributed by atoms with E-state index < -0.39 is 15.8 Å². The number of halogens is 1. The summed E-state index contributed by atoms with van der Waals surface area (Å²) in [5, 5.41) is 0.947. The van der Waals surface area contributed by atoms with Crippen LogP contribution in [0.1, 0.15) is 5.56 Å². The zero-order chi connectivity index (χ0) is 17.9. The van der Waals surface area contributed by atoms with Crippen molar-refractivity contribution < 1.29 is 17.5 Å². The third kappa shape index (κ3) is 3.94. The van der Waals surface area contributed by atoms with Crippen LogP contribution >= 0.6 is 0 Å². The number of ether oxygens (including phenoxy) is 1. The van der Waals surface area contributed by atoms with Crippen molar-refractivity contribution in [3.63, 3.8) is 0 Å². The second kappa shape index (κ2) is 7.16. The zero-order valence-corrected chi connectivity index (χ0v) is 14.4. The summed E-state index contributed by atoms with van der Waals surface area (Å²) in [5.41, 5.74) is 1.00. The van der Waals surface area contributed by atoms with E-state index in [-0.39, 0.29) is 23.6 Å². The van der Waals surface area contributed by atoms with Gasteiger partial charge in [0.25, 0.3) is 0 Å². The molecule has 0 aliphatic carbocycles. The maximum absolute atomic E-state index is 13.3. The van der Waals surface area contributed by atoms with E-state index in [9.17, 15) is 12.8 Å². The first kappa shape index (κ1) is 17.3. The van der Waals surface area contributed by atoms with Gasteiger partial charge in [-0.2, -0.15) is 0 Å². The maximum atomic E-state index is 13.3. The molecule has 2 aromatic carbocycles. The van der Waals surface area contributed by atoms with Gasteiger partial charge in [0.1, 0.15) is 23.7 Å². The van der Waals surface area contributed by atoms with E-state index in [1.807, 2.05) is 24.3 Å². The van der Waals surface area contributed by atoms with Crippen molar-refractivity contribution >= 4 is 20.9 Å². The number of fused-ring (bicyclic) bond motifs is 1. The zero-order valence-electron chi connectivity index (χ0n) is 13.6. The minimum absolute atomic E-state index is 0.0261. The van der Waals surface area contributed by atoms with Gasteiger partial charge < -0.3 is 4.74 Å². The molecule has 0 bridgehead atoms. The summed E-state index contributed by atoms with van der Waals surface area (Å²) in [6, 6.07) is 13.0. The highest BCUT2D eigenvalue weighted by molar-refractivity contribution is 7.89. The van der Waals surface area contributed by atoms with Crippen LogP contribution in [-0.2, 0) is 10.0 Å². The van der Waals surface area contributed by atoms with Crippen LogP contribution in [0.5, 0.6) is 5.75 Å². The Balaban J connectivity index is 1.63. The number of nitrogens with one attached hydrogen (secondary N) is 1. The summed E-state index contributed by atoms with van der Waals surface area (Å²) in [7, 11) is -3.71. The van der Waals surface area contributed by atoms with E-state index in [0.717, 1.165) is 17.0 Å². The fourth-order valence-corrected chi connectivity index (χ4v) is 3.50. The predicted octanol–water partition coefficient (Wildman–Crippen LogP) is 3.04. The summed E-state index contributed by atoms with van der Waals surface area (Å²) in [5.74, 6) is 0.153. The molecule has 0 saturated carbocycles. The lowest BCUT2D eigenvalue weighted by Gasteiger charge is -2.10. The first-order valence-electron chi connectivity index (χ1n) is 7.70. The second-order valence-electron chi connectivity index (χ2n) is 5.49. The van der Waals surface area contributed by atoms with Gasteiger partial charge >= 0.3 is 0 Å².